The molecule has 1 atom stereocenters. The first-order valence-electron chi connectivity index (χ1n) is 8.99. The lowest BCUT2D eigenvalue weighted by atomic mass is 10.1. The standard InChI is InChI=1S/C21H27N3O2/c1-23-12-11-17-9-10-18(14-20(17)23)22-21(25)24(2)19(15-26-3)13-16-7-5-4-6-8-16/h4-10,14,19H,11-13,15H2,1-3H3,(H,22,25)/t19-/m0/s1. The van der Waals surface area contributed by atoms with Crippen LogP contribution in [0.1, 0.15) is 11.1 Å². The Bertz CT molecular complexity index is 748. The van der Waals surface area contributed by atoms with Gasteiger partial charge in [0.15, 0.2) is 0 Å². The van der Waals surface area contributed by atoms with Gasteiger partial charge in [-0.05, 0) is 36.1 Å². The first-order valence-corrected chi connectivity index (χ1v) is 8.99. The average molecular weight is 353 g/mol. The number of carbonyl (C=O) groups excluding carboxylic acids is 1. The zero-order valence-corrected chi connectivity index (χ0v) is 15.7. The Labute approximate surface area is 155 Å². The predicted molar refractivity (Wildman–Crippen MR) is 106 cm³/mol. The van der Waals surface area contributed by atoms with Gasteiger partial charge in [0.2, 0.25) is 0 Å². The molecule has 0 aromatic heterocycles. The van der Waals surface area contributed by atoms with E-state index < -0.39 is 0 Å². The number of methoxy groups -OCH3 is 1. The van der Waals surface area contributed by atoms with Gasteiger partial charge in [0, 0.05) is 39.1 Å². The molecule has 5 nitrogen and oxygen atoms in total. The molecule has 1 heterocycles. The van der Waals surface area contributed by atoms with Crippen molar-refractivity contribution in [2.45, 2.75) is 18.9 Å². The van der Waals surface area contributed by atoms with E-state index in [0.717, 1.165) is 25.1 Å². The number of amides is 2. The van der Waals surface area contributed by atoms with Crippen LogP contribution in [0.4, 0.5) is 16.2 Å². The van der Waals surface area contributed by atoms with E-state index in [1.165, 1.54) is 16.8 Å². The van der Waals surface area contributed by atoms with Gasteiger partial charge < -0.3 is 19.9 Å². The zero-order valence-electron chi connectivity index (χ0n) is 15.7. The zero-order chi connectivity index (χ0) is 18.5. The Balaban J connectivity index is 1.68. The molecule has 2 aromatic carbocycles. The molecular formula is C21H27N3O2. The van der Waals surface area contributed by atoms with Crippen molar-refractivity contribution in [3.05, 3.63) is 59.7 Å². The molecule has 0 fully saturated rings. The molecule has 3 rings (SSSR count). The summed E-state index contributed by atoms with van der Waals surface area (Å²) in [5.74, 6) is 0. The van der Waals surface area contributed by atoms with Gasteiger partial charge in [0.05, 0.1) is 12.6 Å². The second-order valence-electron chi connectivity index (χ2n) is 6.85. The molecule has 0 radical (unpaired) electrons. The molecule has 138 valence electrons. The van der Waals surface area contributed by atoms with Gasteiger partial charge in [-0.3, -0.25) is 0 Å². The van der Waals surface area contributed by atoms with Gasteiger partial charge in [-0.2, -0.15) is 0 Å². The fraction of sp³-hybridized carbons (Fsp3) is 0.381. The Morgan fingerprint density at radius 1 is 1.27 bits per heavy atom. The smallest absolute Gasteiger partial charge is 0.321 e. The van der Waals surface area contributed by atoms with E-state index >= 15 is 0 Å². The number of urea groups is 1. The van der Waals surface area contributed by atoms with Crippen LogP contribution >= 0.6 is 0 Å². The van der Waals surface area contributed by atoms with Crippen LogP contribution in [0.2, 0.25) is 0 Å². The van der Waals surface area contributed by atoms with Crippen molar-refractivity contribution in [1.29, 1.82) is 0 Å². The number of ether oxygens (including phenoxy) is 1. The Hall–Kier alpha value is -2.53. The highest BCUT2D eigenvalue weighted by atomic mass is 16.5. The Morgan fingerprint density at radius 3 is 2.77 bits per heavy atom. The number of hydrogen-bond acceptors (Lipinski definition) is 3. The number of hydrogen-bond donors (Lipinski definition) is 1. The van der Waals surface area contributed by atoms with Crippen molar-refractivity contribution < 1.29 is 9.53 Å². The van der Waals surface area contributed by atoms with Crippen LogP contribution in [0.5, 0.6) is 0 Å². The molecule has 0 unspecified atom stereocenters. The van der Waals surface area contributed by atoms with E-state index in [1.54, 1.807) is 12.0 Å². The maximum atomic E-state index is 12.7. The van der Waals surface area contributed by atoms with Crippen LogP contribution in [0.25, 0.3) is 0 Å². The van der Waals surface area contributed by atoms with Gasteiger partial charge >= 0.3 is 6.03 Å². The number of rotatable bonds is 6. The minimum absolute atomic E-state index is 0.0282. The summed E-state index contributed by atoms with van der Waals surface area (Å²) in [6.07, 6.45) is 1.82. The number of nitrogens with one attached hydrogen (secondary N) is 1. The topological polar surface area (TPSA) is 44.8 Å². The van der Waals surface area contributed by atoms with Crippen LogP contribution in [-0.4, -0.2) is 51.3 Å². The molecule has 2 amide bonds. The predicted octanol–water partition coefficient (Wildman–Crippen LogP) is 3.40. The minimum atomic E-state index is -0.122. The molecular weight excluding hydrogens is 326 g/mol. The van der Waals surface area contributed by atoms with Crippen LogP contribution in [-0.2, 0) is 17.6 Å². The third-order valence-corrected chi connectivity index (χ3v) is 5.01. The fourth-order valence-corrected chi connectivity index (χ4v) is 3.38. The lowest BCUT2D eigenvalue weighted by molar-refractivity contribution is 0.120. The number of likely N-dealkylation sites (N-methyl/N-ethyl adjacent to an activating group) is 2. The molecule has 0 saturated carbocycles. The molecule has 5 heteroatoms. The summed E-state index contributed by atoms with van der Waals surface area (Å²) in [5.41, 5.74) is 4.54. The Kier molecular flexibility index (Phi) is 5.78. The van der Waals surface area contributed by atoms with E-state index in [0.29, 0.717) is 6.61 Å². The van der Waals surface area contributed by atoms with E-state index in [-0.39, 0.29) is 12.1 Å². The molecule has 2 aromatic rings. The van der Waals surface area contributed by atoms with Crippen LogP contribution in [0.15, 0.2) is 48.5 Å². The third-order valence-electron chi connectivity index (χ3n) is 5.01. The van der Waals surface area contributed by atoms with E-state index in [2.05, 4.69) is 41.5 Å². The lowest BCUT2D eigenvalue weighted by Gasteiger charge is -2.28. The van der Waals surface area contributed by atoms with Gasteiger partial charge in [0.1, 0.15) is 0 Å². The van der Waals surface area contributed by atoms with Gasteiger partial charge in [-0.15, -0.1) is 0 Å². The first kappa shape index (κ1) is 18.3. The van der Waals surface area contributed by atoms with Crippen LogP contribution < -0.4 is 10.2 Å². The normalized spacial score (nSPS) is 14.0. The number of nitrogens with zero attached hydrogens (tertiary/aromatic N) is 2. The number of anilines is 2. The SMILES string of the molecule is COC[C@H](Cc1ccccc1)N(C)C(=O)Nc1ccc2c(c1)N(C)CC2. The summed E-state index contributed by atoms with van der Waals surface area (Å²) < 4.78 is 5.34. The highest BCUT2D eigenvalue weighted by Gasteiger charge is 2.22. The molecule has 0 bridgehead atoms. The van der Waals surface area contributed by atoms with E-state index in [1.807, 2.05) is 31.3 Å². The molecule has 1 aliphatic rings. The number of fused-ring (bicyclic) bond motifs is 1. The molecule has 0 saturated heterocycles. The van der Waals surface area contributed by atoms with Gasteiger partial charge in [0.25, 0.3) is 0 Å². The molecule has 1 N–H and O–H groups in total. The summed E-state index contributed by atoms with van der Waals surface area (Å²) in [6, 6.07) is 16.2. The highest BCUT2D eigenvalue weighted by molar-refractivity contribution is 5.90. The second kappa shape index (κ2) is 8.23. The largest absolute Gasteiger partial charge is 0.383 e. The fourth-order valence-electron chi connectivity index (χ4n) is 3.38. The van der Waals surface area contributed by atoms with Crippen molar-refractivity contribution in [3.8, 4) is 0 Å². The van der Waals surface area contributed by atoms with E-state index in [9.17, 15) is 4.79 Å². The van der Waals surface area contributed by atoms with Crippen molar-refractivity contribution in [2.75, 3.05) is 44.6 Å². The first-order chi connectivity index (χ1) is 12.6. The number of carbonyl (C=O) groups is 1. The van der Waals surface area contributed by atoms with Crippen molar-refractivity contribution in [3.63, 3.8) is 0 Å². The van der Waals surface area contributed by atoms with Crippen molar-refractivity contribution in [2.24, 2.45) is 0 Å². The summed E-state index contributed by atoms with van der Waals surface area (Å²) in [7, 11) is 5.57. The summed E-state index contributed by atoms with van der Waals surface area (Å²) in [4.78, 5) is 16.7. The maximum Gasteiger partial charge on any atom is 0.321 e. The highest BCUT2D eigenvalue weighted by Crippen LogP contribution is 2.29. The van der Waals surface area contributed by atoms with Crippen molar-refractivity contribution in [1.82, 2.24) is 4.90 Å². The van der Waals surface area contributed by atoms with Crippen molar-refractivity contribution >= 4 is 17.4 Å². The second-order valence-corrected chi connectivity index (χ2v) is 6.85. The molecule has 0 aliphatic carbocycles. The van der Waals surface area contributed by atoms with Crippen LogP contribution in [0.3, 0.4) is 0 Å². The Morgan fingerprint density at radius 2 is 2.04 bits per heavy atom. The van der Waals surface area contributed by atoms with Gasteiger partial charge in [-0.1, -0.05) is 36.4 Å². The van der Waals surface area contributed by atoms with Gasteiger partial charge in [-0.25, -0.2) is 4.79 Å². The quantitative estimate of drug-likeness (QED) is 0.866. The third kappa shape index (κ3) is 4.17. The van der Waals surface area contributed by atoms with E-state index in [4.69, 9.17) is 4.74 Å². The molecule has 26 heavy (non-hydrogen) atoms. The van der Waals surface area contributed by atoms with Crippen LogP contribution in [0, 0.1) is 0 Å². The minimum Gasteiger partial charge on any atom is -0.383 e. The summed E-state index contributed by atoms with van der Waals surface area (Å²) >= 11 is 0. The summed E-state index contributed by atoms with van der Waals surface area (Å²) in [6.45, 7) is 1.52. The summed E-state index contributed by atoms with van der Waals surface area (Å²) in [5, 5.41) is 3.02. The number of benzene rings is 2. The molecule has 1 aliphatic heterocycles. The average Bonchev–Trinajstić information content (AvgIpc) is 3.02. The molecule has 0 spiro atoms. The maximum absolute atomic E-state index is 12.7. The lowest BCUT2D eigenvalue weighted by Crippen LogP contribution is -2.43. The monoisotopic (exact) mass is 353 g/mol.